The van der Waals surface area contributed by atoms with E-state index in [1.54, 1.807) is 24.3 Å². The fourth-order valence-electron chi connectivity index (χ4n) is 2.55. The molecule has 5 nitrogen and oxygen atoms in total. The van der Waals surface area contributed by atoms with Crippen molar-refractivity contribution >= 4 is 0 Å². The van der Waals surface area contributed by atoms with E-state index < -0.39 is 5.60 Å². The van der Waals surface area contributed by atoms with Crippen molar-refractivity contribution < 1.29 is 23.9 Å². The van der Waals surface area contributed by atoms with Gasteiger partial charge in [-0.05, 0) is 48.9 Å². The first kappa shape index (κ1) is 19.1. The fourth-order valence-corrected chi connectivity index (χ4v) is 2.55. The van der Waals surface area contributed by atoms with Gasteiger partial charge in [0, 0.05) is 17.5 Å². The SMILES string of the molecule is CC(c1ccc(F)cc1)c1cc(-c2ccc(OCC(C)(O)CO)cc2)no1. The zero-order chi connectivity index (χ0) is 19.4. The van der Waals surface area contributed by atoms with Gasteiger partial charge < -0.3 is 19.5 Å². The number of hydrogen-bond acceptors (Lipinski definition) is 5. The molecule has 0 aliphatic rings. The van der Waals surface area contributed by atoms with Gasteiger partial charge in [0.15, 0.2) is 0 Å². The number of halogens is 1. The summed E-state index contributed by atoms with van der Waals surface area (Å²) < 4.78 is 24.0. The highest BCUT2D eigenvalue weighted by Crippen LogP contribution is 2.29. The molecule has 2 unspecified atom stereocenters. The molecule has 0 radical (unpaired) electrons. The second-order valence-electron chi connectivity index (χ2n) is 6.86. The highest BCUT2D eigenvalue weighted by molar-refractivity contribution is 5.60. The van der Waals surface area contributed by atoms with E-state index in [9.17, 15) is 9.50 Å². The highest BCUT2D eigenvalue weighted by Gasteiger charge is 2.20. The zero-order valence-corrected chi connectivity index (χ0v) is 15.2. The Morgan fingerprint density at radius 3 is 2.44 bits per heavy atom. The van der Waals surface area contributed by atoms with E-state index in [0.717, 1.165) is 11.1 Å². The second-order valence-corrected chi connectivity index (χ2v) is 6.86. The van der Waals surface area contributed by atoms with Crippen molar-refractivity contribution in [2.24, 2.45) is 0 Å². The van der Waals surface area contributed by atoms with Crippen molar-refractivity contribution in [1.29, 1.82) is 0 Å². The first-order valence-electron chi connectivity index (χ1n) is 8.66. The molecule has 142 valence electrons. The molecule has 3 aromatic rings. The van der Waals surface area contributed by atoms with Crippen LogP contribution in [0.2, 0.25) is 0 Å². The number of nitrogens with zero attached hydrogens (tertiary/aromatic N) is 1. The molecular formula is C21H22FNO4. The molecule has 0 aliphatic carbocycles. The normalized spacial score (nSPS) is 14.6. The molecule has 0 saturated carbocycles. The van der Waals surface area contributed by atoms with Gasteiger partial charge in [0.1, 0.15) is 35.2 Å². The monoisotopic (exact) mass is 371 g/mol. The number of ether oxygens (including phenoxy) is 1. The zero-order valence-electron chi connectivity index (χ0n) is 15.2. The minimum Gasteiger partial charge on any atom is -0.491 e. The number of rotatable bonds is 7. The maximum Gasteiger partial charge on any atom is 0.144 e. The van der Waals surface area contributed by atoms with E-state index in [1.807, 2.05) is 25.1 Å². The topological polar surface area (TPSA) is 75.7 Å². The molecule has 0 bridgehead atoms. The van der Waals surface area contributed by atoms with Gasteiger partial charge in [-0.15, -0.1) is 0 Å². The van der Waals surface area contributed by atoms with Crippen LogP contribution in [-0.2, 0) is 0 Å². The van der Waals surface area contributed by atoms with Crippen molar-refractivity contribution in [3.63, 3.8) is 0 Å². The van der Waals surface area contributed by atoms with Crippen molar-refractivity contribution in [3.05, 3.63) is 71.7 Å². The van der Waals surface area contributed by atoms with Crippen LogP contribution in [0.3, 0.4) is 0 Å². The number of aliphatic hydroxyl groups excluding tert-OH is 1. The van der Waals surface area contributed by atoms with Gasteiger partial charge in [-0.2, -0.15) is 0 Å². The minimum absolute atomic E-state index is 0.00780. The highest BCUT2D eigenvalue weighted by atomic mass is 19.1. The Hall–Kier alpha value is -2.70. The molecule has 0 aliphatic heterocycles. The number of hydrogen-bond donors (Lipinski definition) is 2. The first-order chi connectivity index (χ1) is 12.9. The summed E-state index contributed by atoms with van der Waals surface area (Å²) in [6.07, 6.45) is 0. The van der Waals surface area contributed by atoms with Gasteiger partial charge in [-0.3, -0.25) is 0 Å². The van der Waals surface area contributed by atoms with Gasteiger partial charge in [-0.1, -0.05) is 24.2 Å². The van der Waals surface area contributed by atoms with Crippen molar-refractivity contribution in [1.82, 2.24) is 5.16 Å². The summed E-state index contributed by atoms with van der Waals surface area (Å²) in [4.78, 5) is 0. The molecular weight excluding hydrogens is 349 g/mol. The van der Waals surface area contributed by atoms with Crippen molar-refractivity contribution in [2.45, 2.75) is 25.4 Å². The average molecular weight is 371 g/mol. The van der Waals surface area contributed by atoms with Crippen LogP contribution in [0.4, 0.5) is 4.39 Å². The second kappa shape index (κ2) is 7.90. The Balaban J connectivity index is 1.70. The van der Waals surface area contributed by atoms with E-state index in [-0.39, 0.29) is 24.9 Å². The van der Waals surface area contributed by atoms with Crippen LogP contribution in [0.1, 0.15) is 31.1 Å². The van der Waals surface area contributed by atoms with E-state index in [0.29, 0.717) is 17.2 Å². The molecule has 6 heteroatoms. The Kier molecular flexibility index (Phi) is 5.58. The van der Waals surface area contributed by atoms with Crippen LogP contribution in [0.5, 0.6) is 5.75 Å². The standard InChI is InChI=1S/C21H22FNO4/c1-14(15-3-7-17(22)8-4-15)20-11-19(23-27-20)16-5-9-18(10-6-16)26-13-21(2,25)12-24/h3-11,14,24-25H,12-13H2,1-2H3. The molecule has 1 heterocycles. The Bertz CT molecular complexity index is 872. The number of aromatic nitrogens is 1. The van der Waals surface area contributed by atoms with Crippen LogP contribution in [0.25, 0.3) is 11.3 Å². The maximum absolute atomic E-state index is 13.1. The van der Waals surface area contributed by atoms with Gasteiger partial charge in [0.2, 0.25) is 0 Å². The van der Waals surface area contributed by atoms with Crippen LogP contribution >= 0.6 is 0 Å². The third-order valence-electron chi connectivity index (χ3n) is 4.37. The lowest BCUT2D eigenvalue weighted by Crippen LogP contribution is -2.36. The molecule has 3 rings (SSSR count). The lowest BCUT2D eigenvalue weighted by Gasteiger charge is -2.20. The Labute approximate surface area is 157 Å². The predicted molar refractivity (Wildman–Crippen MR) is 99.1 cm³/mol. The molecule has 2 atom stereocenters. The lowest BCUT2D eigenvalue weighted by molar-refractivity contribution is -0.0324. The van der Waals surface area contributed by atoms with Crippen LogP contribution in [0.15, 0.2) is 59.1 Å². The van der Waals surface area contributed by atoms with Crippen molar-refractivity contribution in [3.8, 4) is 17.0 Å². The molecule has 2 N–H and O–H groups in total. The van der Waals surface area contributed by atoms with Gasteiger partial charge in [0.25, 0.3) is 0 Å². The van der Waals surface area contributed by atoms with Gasteiger partial charge in [0.05, 0.1) is 6.61 Å². The summed E-state index contributed by atoms with van der Waals surface area (Å²) >= 11 is 0. The third-order valence-corrected chi connectivity index (χ3v) is 4.37. The lowest BCUT2D eigenvalue weighted by atomic mass is 9.98. The van der Waals surface area contributed by atoms with Crippen LogP contribution in [-0.4, -0.2) is 34.2 Å². The average Bonchev–Trinajstić information content (AvgIpc) is 3.17. The summed E-state index contributed by atoms with van der Waals surface area (Å²) in [5.74, 6) is 0.953. The Morgan fingerprint density at radius 2 is 1.81 bits per heavy atom. The number of aliphatic hydroxyl groups is 2. The van der Waals surface area contributed by atoms with Gasteiger partial charge >= 0.3 is 0 Å². The largest absolute Gasteiger partial charge is 0.491 e. The third kappa shape index (κ3) is 4.72. The summed E-state index contributed by atoms with van der Waals surface area (Å²) in [6.45, 7) is 3.09. The smallest absolute Gasteiger partial charge is 0.144 e. The summed E-state index contributed by atoms with van der Waals surface area (Å²) in [7, 11) is 0. The predicted octanol–water partition coefficient (Wildman–Crippen LogP) is 3.75. The molecule has 0 saturated heterocycles. The molecule has 0 amide bonds. The maximum atomic E-state index is 13.1. The van der Waals surface area contributed by atoms with E-state index >= 15 is 0 Å². The van der Waals surface area contributed by atoms with Crippen molar-refractivity contribution in [2.75, 3.05) is 13.2 Å². The van der Waals surface area contributed by atoms with Crippen LogP contribution < -0.4 is 4.74 Å². The molecule has 1 aromatic heterocycles. The summed E-state index contributed by atoms with van der Waals surface area (Å²) in [6, 6.07) is 15.4. The number of benzene rings is 2. The molecule has 0 fully saturated rings. The van der Waals surface area contributed by atoms with E-state index in [2.05, 4.69) is 5.16 Å². The first-order valence-corrected chi connectivity index (χ1v) is 8.66. The quantitative estimate of drug-likeness (QED) is 0.661. The minimum atomic E-state index is -1.28. The molecule has 2 aromatic carbocycles. The fraction of sp³-hybridized carbons (Fsp3) is 0.286. The van der Waals surface area contributed by atoms with Gasteiger partial charge in [-0.25, -0.2) is 4.39 Å². The molecule has 0 spiro atoms. The van der Waals surface area contributed by atoms with E-state index in [1.165, 1.54) is 19.1 Å². The summed E-state index contributed by atoms with van der Waals surface area (Å²) in [5, 5.41) is 22.9. The van der Waals surface area contributed by atoms with Crippen LogP contribution in [0, 0.1) is 5.82 Å². The summed E-state index contributed by atoms with van der Waals surface area (Å²) in [5.41, 5.74) is 1.21. The van der Waals surface area contributed by atoms with E-state index in [4.69, 9.17) is 14.4 Å². The Morgan fingerprint density at radius 1 is 1.15 bits per heavy atom. The molecule has 27 heavy (non-hydrogen) atoms.